The fourth-order valence-electron chi connectivity index (χ4n) is 3.12. The molecular weight excluding hydrogens is 326 g/mol. The first-order valence-electron chi connectivity index (χ1n) is 6.51. The van der Waals surface area contributed by atoms with Crippen molar-refractivity contribution in [1.82, 2.24) is 0 Å². The molecule has 4 atom stereocenters. The van der Waals surface area contributed by atoms with Crippen molar-refractivity contribution in [3.8, 4) is 0 Å². The van der Waals surface area contributed by atoms with Crippen LogP contribution in [0, 0.1) is 11.8 Å². The molecular formula is C14H14BrNO4. The summed E-state index contributed by atoms with van der Waals surface area (Å²) in [5.74, 6) is -2.57. The van der Waals surface area contributed by atoms with Crippen LogP contribution in [0.5, 0.6) is 0 Å². The number of carboxylic acids is 1. The zero-order valence-corrected chi connectivity index (χ0v) is 12.2. The van der Waals surface area contributed by atoms with E-state index >= 15 is 0 Å². The van der Waals surface area contributed by atoms with Crippen molar-refractivity contribution in [2.75, 3.05) is 5.32 Å². The first-order valence-corrected chi connectivity index (χ1v) is 7.30. The van der Waals surface area contributed by atoms with Crippen molar-refractivity contribution in [3.63, 3.8) is 0 Å². The fraction of sp³-hybridized carbons (Fsp3) is 0.429. The maximum atomic E-state index is 12.4. The summed E-state index contributed by atoms with van der Waals surface area (Å²) in [5.41, 5.74) is 0.649. The van der Waals surface area contributed by atoms with Crippen molar-refractivity contribution in [1.29, 1.82) is 0 Å². The number of carbonyl (C=O) groups is 2. The van der Waals surface area contributed by atoms with Gasteiger partial charge in [0, 0.05) is 10.2 Å². The molecule has 0 unspecified atom stereocenters. The number of hydrogen-bond acceptors (Lipinski definition) is 3. The number of benzene rings is 1. The van der Waals surface area contributed by atoms with Crippen molar-refractivity contribution < 1.29 is 19.4 Å². The molecule has 2 N–H and O–H groups in total. The van der Waals surface area contributed by atoms with E-state index in [1.54, 1.807) is 12.1 Å². The highest BCUT2D eigenvalue weighted by molar-refractivity contribution is 9.10. The van der Waals surface area contributed by atoms with Gasteiger partial charge in [0.15, 0.2) is 0 Å². The molecule has 2 aliphatic rings. The predicted octanol–water partition coefficient (Wildman–Crippen LogP) is 2.27. The van der Waals surface area contributed by atoms with E-state index in [0.29, 0.717) is 5.69 Å². The van der Waals surface area contributed by atoms with E-state index in [0.717, 1.165) is 17.3 Å². The summed E-state index contributed by atoms with van der Waals surface area (Å²) < 4.78 is 6.45. The summed E-state index contributed by atoms with van der Waals surface area (Å²) in [6, 6.07) is 7.22. The number of ether oxygens (including phenoxy) is 1. The first-order chi connectivity index (χ1) is 9.56. The highest BCUT2D eigenvalue weighted by Crippen LogP contribution is 2.44. The third-order valence-electron chi connectivity index (χ3n) is 3.95. The van der Waals surface area contributed by atoms with Gasteiger partial charge >= 0.3 is 5.97 Å². The molecule has 0 spiro atoms. The molecule has 0 saturated carbocycles. The van der Waals surface area contributed by atoms with E-state index in [1.165, 1.54) is 0 Å². The summed E-state index contributed by atoms with van der Waals surface area (Å²) in [7, 11) is 0. The summed E-state index contributed by atoms with van der Waals surface area (Å²) >= 11 is 3.33. The average molecular weight is 340 g/mol. The van der Waals surface area contributed by atoms with Crippen LogP contribution < -0.4 is 5.32 Å². The Hall–Kier alpha value is -1.40. The number of fused-ring (bicyclic) bond motifs is 2. The Morgan fingerprint density at radius 1 is 1.25 bits per heavy atom. The molecule has 2 saturated heterocycles. The normalized spacial score (nSPS) is 31.2. The second kappa shape index (κ2) is 5.18. The maximum Gasteiger partial charge on any atom is 0.310 e. The Balaban J connectivity index is 1.78. The molecule has 1 amide bonds. The number of carbonyl (C=O) groups excluding carboxylic acids is 1. The SMILES string of the molecule is O=C(Nc1cccc(Br)c1)[C@@H]1[C@H](C(=O)O)[C@@H]2CC[C@H]1O2. The van der Waals surface area contributed by atoms with Gasteiger partial charge in [0.2, 0.25) is 5.91 Å². The fourth-order valence-corrected chi connectivity index (χ4v) is 3.52. The monoisotopic (exact) mass is 339 g/mol. The van der Waals surface area contributed by atoms with Gasteiger partial charge in [-0.3, -0.25) is 9.59 Å². The third kappa shape index (κ3) is 2.33. The number of nitrogens with one attached hydrogen (secondary N) is 1. The van der Waals surface area contributed by atoms with Crippen LogP contribution in [-0.2, 0) is 14.3 Å². The zero-order chi connectivity index (χ0) is 14.3. The van der Waals surface area contributed by atoms with Crippen molar-refractivity contribution >= 4 is 33.5 Å². The van der Waals surface area contributed by atoms with Crippen LogP contribution in [0.1, 0.15) is 12.8 Å². The number of carboxylic acid groups (broad SMARTS) is 1. The highest BCUT2D eigenvalue weighted by Gasteiger charge is 2.55. The van der Waals surface area contributed by atoms with Crippen molar-refractivity contribution in [2.45, 2.75) is 25.0 Å². The Kier molecular flexibility index (Phi) is 3.52. The van der Waals surface area contributed by atoms with Gasteiger partial charge < -0.3 is 15.2 Å². The minimum atomic E-state index is -0.952. The van der Waals surface area contributed by atoms with E-state index < -0.39 is 17.8 Å². The largest absolute Gasteiger partial charge is 0.481 e. The molecule has 20 heavy (non-hydrogen) atoms. The lowest BCUT2D eigenvalue weighted by atomic mass is 9.78. The summed E-state index contributed by atoms with van der Waals surface area (Å²) in [4.78, 5) is 23.7. The number of aliphatic carboxylic acids is 1. The molecule has 2 bridgehead atoms. The van der Waals surface area contributed by atoms with Gasteiger partial charge in [0.1, 0.15) is 0 Å². The number of halogens is 1. The quantitative estimate of drug-likeness (QED) is 0.885. The smallest absolute Gasteiger partial charge is 0.310 e. The Bertz CT molecular complexity index is 562. The number of anilines is 1. The number of hydrogen-bond donors (Lipinski definition) is 2. The second-order valence-electron chi connectivity index (χ2n) is 5.18. The molecule has 0 aromatic heterocycles. The zero-order valence-electron chi connectivity index (χ0n) is 10.6. The summed E-state index contributed by atoms with van der Waals surface area (Å²) in [5, 5.41) is 12.1. The molecule has 2 heterocycles. The van der Waals surface area contributed by atoms with E-state index in [1.807, 2.05) is 12.1 Å². The van der Waals surface area contributed by atoms with Gasteiger partial charge in [-0.2, -0.15) is 0 Å². The molecule has 5 nitrogen and oxygen atoms in total. The van der Waals surface area contributed by atoms with Gasteiger partial charge in [-0.1, -0.05) is 22.0 Å². The molecule has 0 radical (unpaired) electrons. The molecule has 6 heteroatoms. The van der Waals surface area contributed by atoms with Gasteiger partial charge in [0.25, 0.3) is 0 Å². The predicted molar refractivity (Wildman–Crippen MR) is 75.3 cm³/mol. The van der Waals surface area contributed by atoms with E-state index in [2.05, 4.69) is 21.2 Å². The number of rotatable bonds is 3. The van der Waals surface area contributed by atoms with Crippen LogP contribution >= 0.6 is 15.9 Å². The van der Waals surface area contributed by atoms with Gasteiger partial charge in [-0.15, -0.1) is 0 Å². The van der Waals surface area contributed by atoms with E-state index in [-0.39, 0.29) is 18.1 Å². The van der Waals surface area contributed by atoms with Gasteiger partial charge in [0.05, 0.1) is 24.0 Å². The summed E-state index contributed by atoms with van der Waals surface area (Å²) in [6.07, 6.45) is 0.886. The molecule has 1 aromatic rings. The van der Waals surface area contributed by atoms with Crippen LogP contribution in [0.3, 0.4) is 0 Å². The van der Waals surface area contributed by atoms with E-state index in [9.17, 15) is 14.7 Å². The van der Waals surface area contributed by atoms with Gasteiger partial charge in [-0.05, 0) is 31.0 Å². The van der Waals surface area contributed by atoms with Crippen LogP contribution in [-0.4, -0.2) is 29.2 Å². The summed E-state index contributed by atoms with van der Waals surface area (Å²) in [6.45, 7) is 0. The standard InChI is InChI=1S/C14H14BrNO4/c15-7-2-1-3-8(6-7)16-13(17)11-9-4-5-10(20-9)12(11)14(18)19/h1-3,6,9-12H,4-5H2,(H,16,17)(H,18,19)/t9-,10+,11+,12-/m1/s1. The third-order valence-corrected chi connectivity index (χ3v) is 4.45. The molecule has 2 fully saturated rings. The molecule has 1 aromatic carbocycles. The van der Waals surface area contributed by atoms with Gasteiger partial charge in [-0.25, -0.2) is 0 Å². The average Bonchev–Trinajstić information content (AvgIpc) is 2.98. The Labute approximate surface area is 124 Å². The second-order valence-corrected chi connectivity index (χ2v) is 6.10. The minimum Gasteiger partial charge on any atom is -0.481 e. The van der Waals surface area contributed by atoms with Crippen molar-refractivity contribution in [3.05, 3.63) is 28.7 Å². The highest BCUT2D eigenvalue weighted by atomic mass is 79.9. The van der Waals surface area contributed by atoms with Crippen LogP contribution in [0.2, 0.25) is 0 Å². The Morgan fingerprint density at radius 3 is 2.60 bits per heavy atom. The molecule has 106 valence electrons. The topological polar surface area (TPSA) is 75.6 Å². The first kappa shape index (κ1) is 13.6. The van der Waals surface area contributed by atoms with Crippen LogP contribution in [0.25, 0.3) is 0 Å². The lowest BCUT2D eigenvalue weighted by Crippen LogP contribution is -2.40. The lowest BCUT2D eigenvalue weighted by Gasteiger charge is -2.23. The number of amides is 1. The Morgan fingerprint density at radius 2 is 1.95 bits per heavy atom. The maximum absolute atomic E-state index is 12.4. The lowest BCUT2D eigenvalue weighted by molar-refractivity contribution is -0.147. The molecule has 2 aliphatic heterocycles. The molecule has 0 aliphatic carbocycles. The van der Waals surface area contributed by atoms with E-state index in [4.69, 9.17) is 4.74 Å². The van der Waals surface area contributed by atoms with Crippen LogP contribution in [0.4, 0.5) is 5.69 Å². The molecule has 3 rings (SSSR count). The minimum absolute atomic E-state index is 0.270. The van der Waals surface area contributed by atoms with Crippen molar-refractivity contribution in [2.24, 2.45) is 11.8 Å². The van der Waals surface area contributed by atoms with Crippen LogP contribution in [0.15, 0.2) is 28.7 Å².